The maximum absolute atomic E-state index is 5.97. The fourth-order valence-corrected chi connectivity index (χ4v) is 2.27. The van der Waals surface area contributed by atoms with Gasteiger partial charge in [-0.1, -0.05) is 19.9 Å². The molecule has 0 saturated heterocycles. The number of benzene rings is 1. The first-order valence-electron chi connectivity index (χ1n) is 6.77. The minimum atomic E-state index is -0.515. The van der Waals surface area contributed by atoms with Crippen LogP contribution in [0.3, 0.4) is 0 Å². The lowest BCUT2D eigenvalue weighted by Crippen LogP contribution is -2.39. The summed E-state index contributed by atoms with van der Waals surface area (Å²) in [5.74, 6) is 1.22. The summed E-state index contributed by atoms with van der Waals surface area (Å²) < 4.78 is 11.9. The fraction of sp³-hybridized carbons (Fsp3) is 0.600. The van der Waals surface area contributed by atoms with E-state index < -0.39 is 5.79 Å². The van der Waals surface area contributed by atoms with Crippen LogP contribution in [0.4, 0.5) is 0 Å². The van der Waals surface area contributed by atoms with E-state index in [1.165, 1.54) is 5.56 Å². The van der Waals surface area contributed by atoms with Gasteiger partial charge >= 0.3 is 0 Å². The Morgan fingerprint density at radius 3 is 2.44 bits per heavy atom. The molecular formula is C15H23NO2. The molecule has 0 N–H and O–H groups in total. The zero-order valence-electron chi connectivity index (χ0n) is 11.8. The molecule has 1 aliphatic heterocycles. The van der Waals surface area contributed by atoms with Gasteiger partial charge in [-0.25, -0.2) is 0 Å². The fourth-order valence-electron chi connectivity index (χ4n) is 2.27. The van der Waals surface area contributed by atoms with Gasteiger partial charge < -0.3 is 14.4 Å². The predicted molar refractivity (Wildman–Crippen MR) is 73.2 cm³/mol. The van der Waals surface area contributed by atoms with E-state index in [1.54, 1.807) is 0 Å². The van der Waals surface area contributed by atoms with Gasteiger partial charge in [0.15, 0.2) is 11.5 Å². The molecule has 100 valence electrons. The van der Waals surface area contributed by atoms with Gasteiger partial charge in [0.05, 0.1) is 0 Å². The summed E-state index contributed by atoms with van der Waals surface area (Å²) >= 11 is 0. The van der Waals surface area contributed by atoms with Crippen molar-refractivity contribution in [3.8, 4) is 11.5 Å². The summed E-state index contributed by atoms with van der Waals surface area (Å²) in [5, 5.41) is 0. The lowest BCUT2D eigenvalue weighted by atomic mass is 10.2. The van der Waals surface area contributed by atoms with E-state index in [0.29, 0.717) is 0 Å². The summed E-state index contributed by atoms with van der Waals surface area (Å²) in [6.45, 7) is 11.6. The van der Waals surface area contributed by atoms with Crippen LogP contribution in [0.25, 0.3) is 0 Å². The van der Waals surface area contributed by atoms with E-state index in [0.717, 1.165) is 37.6 Å². The van der Waals surface area contributed by atoms with E-state index in [4.69, 9.17) is 9.47 Å². The minimum Gasteiger partial charge on any atom is -0.449 e. The van der Waals surface area contributed by atoms with Gasteiger partial charge in [0, 0.05) is 19.9 Å². The van der Waals surface area contributed by atoms with Gasteiger partial charge in [0.2, 0.25) is 5.79 Å². The van der Waals surface area contributed by atoms with Crippen molar-refractivity contribution >= 4 is 0 Å². The van der Waals surface area contributed by atoms with E-state index in [-0.39, 0.29) is 0 Å². The molecule has 0 spiro atoms. The Labute approximate surface area is 110 Å². The number of rotatable bonds is 5. The number of fused-ring (bicyclic) bond motifs is 1. The third-order valence-corrected chi connectivity index (χ3v) is 3.53. The molecular weight excluding hydrogens is 226 g/mol. The second kappa shape index (κ2) is 5.19. The second-order valence-corrected chi connectivity index (χ2v) is 5.07. The molecule has 0 amide bonds. The quantitative estimate of drug-likeness (QED) is 0.799. The third kappa shape index (κ3) is 2.78. The van der Waals surface area contributed by atoms with Crippen LogP contribution in [0.15, 0.2) is 18.2 Å². The average molecular weight is 249 g/mol. The van der Waals surface area contributed by atoms with Crippen molar-refractivity contribution in [1.82, 2.24) is 4.90 Å². The highest BCUT2D eigenvalue weighted by molar-refractivity contribution is 5.45. The highest BCUT2D eigenvalue weighted by atomic mass is 16.7. The van der Waals surface area contributed by atoms with Gasteiger partial charge in [-0.05, 0) is 37.7 Å². The maximum Gasteiger partial charge on any atom is 0.250 e. The average Bonchev–Trinajstić information content (AvgIpc) is 2.66. The zero-order valence-corrected chi connectivity index (χ0v) is 11.8. The molecule has 0 fully saturated rings. The Balaban J connectivity index is 1.99. The summed E-state index contributed by atoms with van der Waals surface area (Å²) in [6, 6.07) is 6.09. The molecule has 18 heavy (non-hydrogen) atoms. The van der Waals surface area contributed by atoms with Crippen LogP contribution in [0.2, 0.25) is 0 Å². The van der Waals surface area contributed by atoms with Gasteiger partial charge in [-0.15, -0.1) is 0 Å². The van der Waals surface area contributed by atoms with E-state index in [1.807, 2.05) is 19.1 Å². The molecule has 3 nitrogen and oxygen atoms in total. The number of hydrogen-bond donors (Lipinski definition) is 0. The van der Waals surface area contributed by atoms with Crippen molar-refractivity contribution < 1.29 is 9.47 Å². The molecule has 0 radical (unpaired) electrons. The molecule has 2 rings (SSSR count). The largest absolute Gasteiger partial charge is 0.449 e. The molecule has 1 unspecified atom stereocenters. The molecule has 0 aliphatic carbocycles. The zero-order chi connectivity index (χ0) is 13.2. The Bertz CT molecular complexity index is 415. The van der Waals surface area contributed by atoms with Crippen LogP contribution in [-0.4, -0.2) is 30.3 Å². The lowest BCUT2D eigenvalue weighted by molar-refractivity contribution is -0.0728. The third-order valence-electron chi connectivity index (χ3n) is 3.53. The van der Waals surface area contributed by atoms with Crippen LogP contribution in [0, 0.1) is 6.92 Å². The van der Waals surface area contributed by atoms with Gasteiger partial charge in [-0.3, -0.25) is 0 Å². The molecule has 0 bridgehead atoms. The Kier molecular flexibility index (Phi) is 3.81. The molecule has 1 aromatic rings. The summed E-state index contributed by atoms with van der Waals surface area (Å²) in [5.41, 5.74) is 1.20. The highest BCUT2D eigenvalue weighted by Gasteiger charge is 2.36. The molecule has 1 heterocycles. The SMILES string of the molecule is CCN(CC)CCC1(C)Oc2ccc(C)cc2O1. The first kappa shape index (κ1) is 13.2. The van der Waals surface area contributed by atoms with Crippen molar-refractivity contribution in [3.05, 3.63) is 23.8 Å². The van der Waals surface area contributed by atoms with Crippen molar-refractivity contribution in [2.24, 2.45) is 0 Å². The number of aryl methyl sites for hydroxylation is 1. The molecule has 1 aromatic carbocycles. The van der Waals surface area contributed by atoms with Gasteiger partial charge in [0.1, 0.15) is 0 Å². The van der Waals surface area contributed by atoms with Gasteiger partial charge in [-0.2, -0.15) is 0 Å². The summed E-state index contributed by atoms with van der Waals surface area (Å²) in [4.78, 5) is 2.38. The maximum atomic E-state index is 5.97. The highest BCUT2D eigenvalue weighted by Crippen LogP contribution is 2.41. The van der Waals surface area contributed by atoms with Crippen molar-refractivity contribution in [1.29, 1.82) is 0 Å². The Morgan fingerprint density at radius 1 is 1.11 bits per heavy atom. The smallest absolute Gasteiger partial charge is 0.250 e. The minimum absolute atomic E-state index is 0.515. The molecule has 0 saturated carbocycles. The first-order valence-corrected chi connectivity index (χ1v) is 6.77. The van der Waals surface area contributed by atoms with Crippen LogP contribution in [0.5, 0.6) is 11.5 Å². The van der Waals surface area contributed by atoms with Crippen LogP contribution >= 0.6 is 0 Å². The topological polar surface area (TPSA) is 21.7 Å². The van der Waals surface area contributed by atoms with Gasteiger partial charge in [0.25, 0.3) is 0 Å². The lowest BCUT2D eigenvalue weighted by Gasteiger charge is -2.26. The summed E-state index contributed by atoms with van der Waals surface area (Å²) in [6.07, 6.45) is 0.877. The van der Waals surface area contributed by atoms with Crippen LogP contribution < -0.4 is 9.47 Å². The molecule has 0 aromatic heterocycles. The van der Waals surface area contributed by atoms with Crippen molar-refractivity contribution in [3.63, 3.8) is 0 Å². The van der Waals surface area contributed by atoms with Crippen LogP contribution in [-0.2, 0) is 0 Å². The normalized spacial score (nSPS) is 21.6. The van der Waals surface area contributed by atoms with Crippen LogP contribution in [0.1, 0.15) is 32.8 Å². The standard InChI is InChI=1S/C15H23NO2/c1-5-16(6-2)10-9-15(4)17-13-8-7-12(3)11-14(13)18-15/h7-8,11H,5-6,9-10H2,1-4H3. The van der Waals surface area contributed by atoms with Crippen molar-refractivity contribution in [2.75, 3.05) is 19.6 Å². The van der Waals surface area contributed by atoms with E-state index in [2.05, 4.69) is 31.7 Å². The number of ether oxygens (including phenoxy) is 2. The Hall–Kier alpha value is -1.22. The summed E-state index contributed by atoms with van der Waals surface area (Å²) in [7, 11) is 0. The predicted octanol–water partition coefficient (Wildman–Crippen LogP) is 3.21. The first-order chi connectivity index (χ1) is 8.56. The molecule has 1 atom stereocenters. The monoisotopic (exact) mass is 249 g/mol. The molecule has 3 heteroatoms. The second-order valence-electron chi connectivity index (χ2n) is 5.07. The number of hydrogen-bond acceptors (Lipinski definition) is 3. The molecule has 1 aliphatic rings. The van der Waals surface area contributed by atoms with Crippen molar-refractivity contribution in [2.45, 2.75) is 39.9 Å². The van der Waals surface area contributed by atoms with E-state index in [9.17, 15) is 0 Å². The number of nitrogens with zero attached hydrogens (tertiary/aromatic N) is 1. The Morgan fingerprint density at radius 2 is 1.78 bits per heavy atom. The van der Waals surface area contributed by atoms with E-state index >= 15 is 0 Å².